The van der Waals surface area contributed by atoms with Crippen molar-refractivity contribution >= 4 is 0 Å². The van der Waals surface area contributed by atoms with Crippen LogP contribution in [0.4, 0.5) is 0 Å². The van der Waals surface area contributed by atoms with Gasteiger partial charge in [-0.05, 0) is 29.7 Å². The molecule has 1 heterocycles. The summed E-state index contributed by atoms with van der Waals surface area (Å²) in [5.74, 6) is 0.900. The third-order valence-corrected chi connectivity index (χ3v) is 3.54. The number of hydrogen-bond donors (Lipinski definition) is 0. The molecule has 20 heavy (non-hydrogen) atoms. The molecule has 104 valence electrons. The average molecular weight is 270 g/mol. The molecule has 2 aromatic rings. The molecule has 1 fully saturated rings. The van der Waals surface area contributed by atoms with Crippen LogP contribution >= 0.6 is 0 Å². The second-order valence-corrected chi connectivity index (χ2v) is 4.88. The summed E-state index contributed by atoms with van der Waals surface area (Å²) in [6, 6.07) is 16.5. The number of rotatable bonds is 5. The van der Waals surface area contributed by atoms with Crippen molar-refractivity contribution in [1.29, 1.82) is 0 Å². The Labute approximate surface area is 119 Å². The molecule has 0 aromatic heterocycles. The minimum atomic E-state index is -0.104. The molecule has 3 nitrogen and oxygen atoms in total. The molecule has 1 aliphatic heterocycles. The van der Waals surface area contributed by atoms with Crippen molar-refractivity contribution in [3.8, 4) is 16.9 Å². The van der Waals surface area contributed by atoms with Gasteiger partial charge in [0.2, 0.25) is 0 Å². The summed E-state index contributed by atoms with van der Waals surface area (Å²) in [6.45, 7) is 2.61. The van der Waals surface area contributed by atoms with Crippen LogP contribution in [-0.4, -0.2) is 26.1 Å². The zero-order valence-corrected chi connectivity index (χ0v) is 11.7. The van der Waals surface area contributed by atoms with E-state index in [-0.39, 0.29) is 12.4 Å². The van der Waals surface area contributed by atoms with Gasteiger partial charge in [-0.2, -0.15) is 0 Å². The molecule has 0 radical (unpaired) electrons. The van der Waals surface area contributed by atoms with E-state index < -0.39 is 0 Å². The molecule has 3 rings (SSSR count). The summed E-state index contributed by atoms with van der Waals surface area (Å²) in [7, 11) is 1.64. The third kappa shape index (κ3) is 2.69. The van der Waals surface area contributed by atoms with Gasteiger partial charge in [0.1, 0.15) is 18.5 Å². The highest BCUT2D eigenvalue weighted by Gasteiger charge is 2.39. The van der Waals surface area contributed by atoms with E-state index in [1.54, 1.807) is 7.11 Å². The van der Waals surface area contributed by atoms with Crippen LogP contribution in [0.1, 0.15) is 5.56 Å². The highest BCUT2D eigenvalue weighted by molar-refractivity contribution is 5.69. The summed E-state index contributed by atoms with van der Waals surface area (Å²) in [5.41, 5.74) is 3.55. The quantitative estimate of drug-likeness (QED) is 0.780. The lowest BCUT2D eigenvalue weighted by Gasteiger charge is -2.12. The number of epoxide rings is 1. The molecule has 1 saturated heterocycles. The maximum atomic E-state index is 5.85. The zero-order valence-electron chi connectivity index (χ0n) is 11.7. The Hall–Kier alpha value is -1.84. The van der Waals surface area contributed by atoms with Gasteiger partial charge in [-0.25, -0.2) is 0 Å². The molecular formula is C17H18O3. The Morgan fingerprint density at radius 1 is 1.05 bits per heavy atom. The Morgan fingerprint density at radius 3 is 2.55 bits per heavy atom. The summed E-state index contributed by atoms with van der Waals surface area (Å²) in [6.07, 6.45) is -0.0487. The van der Waals surface area contributed by atoms with E-state index >= 15 is 0 Å². The van der Waals surface area contributed by atoms with Gasteiger partial charge in [-0.1, -0.05) is 42.5 Å². The molecule has 0 N–H and O–H groups in total. The lowest BCUT2D eigenvalue weighted by atomic mass is 10.00. The summed E-state index contributed by atoms with van der Waals surface area (Å²) in [5, 5.41) is 0. The number of benzene rings is 2. The SMILES string of the molecule is COC1OC1COc1cccc(-c2ccccc2)c1C. The maximum absolute atomic E-state index is 5.85. The molecule has 0 amide bonds. The highest BCUT2D eigenvalue weighted by atomic mass is 16.8. The first-order valence-corrected chi connectivity index (χ1v) is 6.75. The zero-order chi connectivity index (χ0) is 13.9. The Balaban J connectivity index is 1.76. The normalized spacial score (nSPS) is 20.7. The second kappa shape index (κ2) is 5.65. The molecule has 0 spiro atoms. The minimum Gasteiger partial charge on any atom is -0.490 e. The minimum absolute atomic E-state index is 0.0554. The van der Waals surface area contributed by atoms with Crippen molar-refractivity contribution in [2.45, 2.75) is 19.3 Å². The van der Waals surface area contributed by atoms with Crippen molar-refractivity contribution in [3.05, 3.63) is 54.1 Å². The topological polar surface area (TPSA) is 31.0 Å². The smallest absolute Gasteiger partial charge is 0.187 e. The van der Waals surface area contributed by atoms with Gasteiger partial charge in [0.05, 0.1) is 0 Å². The first-order valence-electron chi connectivity index (χ1n) is 6.75. The fourth-order valence-electron chi connectivity index (χ4n) is 2.33. The third-order valence-electron chi connectivity index (χ3n) is 3.54. The summed E-state index contributed by atoms with van der Waals surface area (Å²) >= 11 is 0. The number of hydrogen-bond acceptors (Lipinski definition) is 3. The first-order chi connectivity index (χ1) is 9.79. The van der Waals surface area contributed by atoms with Gasteiger partial charge in [0, 0.05) is 7.11 Å². The molecule has 2 aromatic carbocycles. The van der Waals surface area contributed by atoms with E-state index in [4.69, 9.17) is 14.2 Å². The molecular weight excluding hydrogens is 252 g/mol. The Bertz CT molecular complexity index is 580. The average Bonchev–Trinajstić information content (AvgIpc) is 3.26. The van der Waals surface area contributed by atoms with Crippen molar-refractivity contribution < 1.29 is 14.2 Å². The van der Waals surface area contributed by atoms with Gasteiger partial charge in [0.15, 0.2) is 6.29 Å². The predicted octanol–water partition coefficient (Wildman–Crippen LogP) is 3.41. The van der Waals surface area contributed by atoms with Crippen molar-refractivity contribution in [2.24, 2.45) is 0 Å². The van der Waals surface area contributed by atoms with Crippen LogP contribution in [-0.2, 0) is 9.47 Å². The monoisotopic (exact) mass is 270 g/mol. The Morgan fingerprint density at radius 2 is 1.85 bits per heavy atom. The standard InChI is InChI=1S/C17H18O3/c1-12-14(13-7-4-3-5-8-13)9-6-10-15(12)19-11-16-17(18-2)20-16/h3-10,16-17H,11H2,1-2H3. The predicted molar refractivity (Wildman–Crippen MR) is 77.8 cm³/mol. The Kier molecular flexibility index (Phi) is 3.72. The highest BCUT2D eigenvalue weighted by Crippen LogP contribution is 2.31. The second-order valence-electron chi connectivity index (χ2n) is 4.88. The van der Waals surface area contributed by atoms with E-state index in [1.165, 1.54) is 11.1 Å². The summed E-state index contributed by atoms with van der Waals surface area (Å²) < 4.78 is 16.2. The molecule has 2 atom stereocenters. The molecule has 0 bridgehead atoms. The van der Waals surface area contributed by atoms with Gasteiger partial charge in [0.25, 0.3) is 0 Å². The number of ether oxygens (including phenoxy) is 3. The van der Waals surface area contributed by atoms with Crippen LogP contribution in [0.25, 0.3) is 11.1 Å². The van der Waals surface area contributed by atoms with Crippen molar-refractivity contribution in [1.82, 2.24) is 0 Å². The van der Waals surface area contributed by atoms with Gasteiger partial charge < -0.3 is 14.2 Å². The van der Waals surface area contributed by atoms with Crippen molar-refractivity contribution in [2.75, 3.05) is 13.7 Å². The van der Waals surface area contributed by atoms with E-state index in [9.17, 15) is 0 Å². The molecule has 0 saturated carbocycles. The molecule has 2 unspecified atom stereocenters. The first kappa shape index (κ1) is 13.2. The molecule has 1 aliphatic rings. The molecule has 3 heteroatoms. The number of methoxy groups -OCH3 is 1. The van der Waals surface area contributed by atoms with Gasteiger partial charge >= 0.3 is 0 Å². The van der Waals surface area contributed by atoms with Crippen LogP contribution in [0, 0.1) is 6.92 Å². The van der Waals surface area contributed by atoms with Crippen LogP contribution in [0.15, 0.2) is 48.5 Å². The molecule has 0 aliphatic carbocycles. The lowest BCUT2D eigenvalue weighted by Crippen LogP contribution is -2.09. The van der Waals surface area contributed by atoms with Crippen LogP contribution in [0.2, 0.25) is 0 Å². The fraction of sp³-hybridized carbons (Fsp3) is 0.294. The lowest BCUT2D eigenvalue weighted by molar-refractivity contribution is 0.0950. The van der Waals surface area contributed by atoms with E-state index in [1.807, 2.05) is 30.3 Å². The van der Waals surface area contributed by atoms with Crippen LogP contribution < -0.4 is 4.74 Å². The van der Waals surface area contributed by atoms with E-state index in [2.05, 4.69) is 25.1 Å². The van der Waals surface area contributed by atoms with Gasteiger partial charge in [-0.3, -0.25) is 0 Å². The maximum Gasteiger partial charge on any atom is 0.187 e. The van der Waals surface area contributed by atoms with Crippen LogP contribution in [0.5, 0.6) is 5.75 Å². The van der Waals surface area contributed by atoms with E-state index in [0.29, 0.717) is 6.61 Å². The summed E-state index contributed by atoms with van der Waals surface area (Å²) in [4.78, 5) is 0. The van der Waals surface area contributed by atoms with Gasteiger partial charge in [-0.15, -0.1) is 0 Å². The fourth-order valence-corrected chi connectivity index (χ4v) is 2.33. The largest absolute Gasteiger partial charge is 0.490 e. The van der Waals surface area contributed by atoms with Crippen LogP contribution in [0.3, 0.4) is 0 Å². The van der Waals surface area contributed by atoms with E-state index in [0.717, 1.165) is 11.3 Å². The van der Waals surface area contributed by atoms with Crippen molar-refractivity contribution in [3.63, 3.8) is 0 Å².